The molecule has 1 aliphatic rings. The van der Waals surface area contributed by atoms with E-state index in [1.807, 2.05) is 14.0 Å². The summed E-state index contributed by atoms with van der Waals surface area (Å²) >= 11 is 0. The maximum Gasteiger partial charge on any atom is 0.126 e. The van der Waals surface area contributed by atoms with Crippen LogP contribution in [0.2, 0.25) is 0 Å². The molecule has 31 heavy (non-hydrogen) atoms. The minimum atomic E-state index is 0.390. The largest absolute Gasteiger partial charge is 0.497 e. The lowest BCUT2D eigenvalue weighted by Gasteiger charge is -2.19. The number of methoxy groups -OCH3 is 1. The second kappa shape index (κ2) is 13.5. The van der Waals surface area contributed by atoms with Gasteiger partial charge in [0, 0.05) is 45.5 Å². The maximum atomic E-state index is 5.57. The quantitative estimate of drug-likeness (QED) is 0.262. The Morgan fingerprint density at radius 3 is 2.74 bits per heavy atom. The van der Waals surface area contributed by atoms with Gasteiger partial charge in [0.2, 0.25) is 0 Å². The number of hydrogen-bond acceptors (Lipinski definition) is 6. The summed E-state index contributed by atoms with van der Waals surface area (Å²) in [6.07, 6.45) is 5.75. The fourth-order valence-electron chi connectivity index (χ4n) is 3.98. The Bertz CT molecular complexity index is 726. The lowest BCUT2D eigenvalue weighted by atomic mass is 9.92. The van der Waals surface area contributed by atoms with Crippen LogP contribution in [0, 0.1) is 6.92 Å². The number of nitrogens with one attached hydrogen (secondary N) is 2. The first-order chi connectivity index (χ1) is 15.0. The first-order valence-electron chi connectivity index (χ1n) is 11.6. The van der Waals surface area contributed by atoms with Crippen LogP contribution in [0.3, 0.4) is 0 Å². The molecule has 1 saturated heterocycles. The Hall–Kier alpha value is -1.89. The third kappa shape index (κ3) is 7.95. The number of rotatable bonds is 14. The van der Waals surface area contributed by atoms with E-state index in [1.165, 1.54) is 37.1 Å². The summed E-state index contributed by atoms with van der Waals surface area (Å²) < 4.78 is 11.1. The van der Waals surface area contributed by atoms with Crippen LogP contribution in [-0.4, -0.2) is 70.0 Å². The average molecular weight is 431 g/mol. The van der Waals surface area contributed by atoms with Crippen LogP contribution in [-0.2, 0) is 9.47 Å². The van der Waals surface area contributed by atoms with E-state index in [9.17, 15) is 0 Å². The van der Waals surface area contributed by atoms with Gasteiger partial charge in [-0.2, -0.15) is 0 Å². The molecule has 2 rings (SSSR count). The molecule has 1 aromatic rings. The molecule has 1 fully saturated rings. The normalized spacial score (nSPS) is 15.8. The van der Waals surface area contributed by atoms with Crippen molar-refractivity contribution in [1.29, 1.82) is 0 Å². The number of aromatic nitrogens is 1. The number of anilines is 1. The van der Waals surface area contributed by atoms with Crippen molar-refractivity contribution >= 4 is 11.9 Å². The zero-order valence-corrected chi connectivity index (χ0v) is 20.2. The predicted molar refractivity (Wildman–Crippen MR) is 131 cm³/mol. The Balaban J connectivity index is 2.17. The van der Waals surface area contributed by atoms with Crippen molar-refractivity contribution in [2.24, 2.45) is 0 Å². The average Bonchev–Trinajstić information content (AvgIpc) is 3.30. The fraction of sp³-hybridized carbons (Fsp3) is 0.640. The number of ether oxygens (including phenoxy) is 2. The summed E-state index contributed by atoms with van der Waals surface area (Å²) in [7, 11) is 3.58. The summed E-state index contributed by atoms with van der Waals surface area (Å²) in [6.45, 7) is 17.3. The van der Waals surface area contributed by atoms with E-state index >= 15 is 0 Å². The van der Waals surface area contributed by atoms with Crippen molar-refractivity contribution in [3.8, 4) is 0 Å². The second-order valence-electron chi connectivity index (χ2n) is 8.27. The van der Waals surface area contributed by atoms with Crippen molar-refractivity contribution in [1.82, 2.24) is 15.2 Å². The molecule has 0 aliphatic carbocycles. The molecule has 2 heterocycles. The molecular weight excluding hydrogens is 388 g/mol. The summed E-state index contributed by atoms with van der Waals surface area (Å²) in [6, 6.07) is 2.16. The summed E-state index contributed by atoms with van der Waals surface area (Å²) in [5.74, 6) is 1.94. The molecule has 0 aromatic carbocycles. The highest BCUT2D eigenvalue weighted by atomic mass is 16.5. The van der Waals surface area contributed by atoms with Crippen molar-refractivity contribution in [3.63, 3.8) is 0 Å². The number of likely N-dealkylation sites (tertiary alicyclic amines) is 1. The smallest absolute Gasteiger partial charge is 0.126 e. The van der Waals surface area contributed by atoms with E-state index in [2.05, 4.69) is 48.1 Å². The first kappa shape index (κ1) is 25.4. The van der Waals surface area contributed by atoms with Gasteiger partial charge in [-0.05, 0) is 75.4 Å². The maximum absolute atomic E-state index is 5.57. The van der Waals surface area contributed by atoms with E-state index < -0.39 is 0 Å². The molecule has 1 atom stereocenters. The zero-order chi connectivity index (χ0) is 22.6. The van der Waals surface area contributed by atoms with Gasteiger partial charge in [0.25, 0.3) is 0 Å². The van der Waals surface area contributed by atoms with Gasteiger partial charge in [-0.1, -0.05) is 13.5 Å². The zero-order valence-electron chi connectivity index (χ0n) is 20.2. The molecule has 0 amide bonds. The molecule has 0 spiro atoms. The van der Waals surface area contributed by atoms with Crippen LogP contribution in [0.1, 0.15) is 55.8 Å². The van der Waals surface area contributed by atoms with E-state index in [4.69, 9.17) is 14.5 Å². The molecule has 0 bridgehead atoms. The molecule has 2 N–H and O–H groups in total. The Morgan fingerprint density at radius 1 is 1.35 bits per heavy atom. The van der Waals surface area contributed by atoms with E-state index in [-0.39, 0.29) is 0 Å². The third-order valence-electron chi connectivity index (χ3n) is 6.07. The number of hydrogen-bond donors (Lipinski definition) is 2. The highest BCUT2D eigenvalue weighted by Crippen LogP contribution is 2.28. The van der Waals surface area contributed by atoms with Crippen LogP contribution < -0.4 is 10.6 Å². The van der Waals surface area contributed by atoms with Crippen molar-refractivity contribution in [2.75, 3.05) is 65.4 Å². The van der Waals surface area contributed by atoms with E-state index in [0.717, 1.165) is 49.8 Å². The van der Waals surface area contributed by atoms with Gasteiger partial charge in [0.15, 0.2) is 0 Å². The third-order valence-corrected chi connectivity index (χ3v) is 6.07. The standard InChI is InChI=1S/C25H42N4O2/c1-7-31-15-10-19(2)23-17-25(26-5)28-24(20(23)3)16-22(21(4)30-6)18-27-11-14-29-12-8-9-13-29/h16-17,19,27H,4,7-15,18H2,1-3,5-6H3,(H,26,28)/b22-16-. The Kier molecular flexibility index (Phi) is 11.1. The van der Waals surface area contributed by atoms with Crippen molar-refractivity contribution in [2.45, 2.75) is 46.0 Å². The lowest BCUT2D eigenvalue weighted by molar-refractivity contribution is 0.141. The van der Waals surface area contributed by atoms with Crippen LogP contribution >= 0.6 is 0 Å². The van der Waals surface area contributed by atoms with Crippen LogP contribution in [0.5, 0.6) is 0 Å². The van der Waals surface area contributed by atoms with Gasteiger partial charge < -0.3 is 25.0 Å². The molecular formula is C25H42N4O2. The predicted octanol–water partition coefficient (Wildman–Crippen LogP) is 4.19. The van der Waals surface area contributed by atoms with Gasteiger partial charge >= 0.3 is 0 Å². The second-order valence-corrected chi connectivity index (χ2v) is 8.27. The molecule has 0 saturated carbocycles. The van der Waals surface area contributed by atoms with Gasteiger partial charge in [0.05, 0.1) is 12.8 Å². The summed E-state index contributed by atoms with van der Waals surface area (Å²) in [5, 5.41) is 6.77. The van der Waals surface area contributed by atoms with Gasteiger partial charge in [-0.25, -0.2) is 4.98 Å². The molecule has 1 unspecified atom stereocenters. The number of pyridine rings is 1. The highest BCUT2D eigenvalue weighted by molar-refractivity contribution is 5.61. The Morgan fingerprint density at radius 2 is 2.10 bits per heavy atom. The van der Waals surface area contributed by atoms with E-state index in [0.29, 0.717) is 18.2 Å². The van der Waals surface area contributed by atoms with Crippen LogP contribution in [0.15, 0.2) is 24.0 Å². The van der Waals surface area contributed by atoms with Crippen LogP contribution in [0.25, 0.3) is 6.08 Å². The fourth-order valence-corrected chi connectivity index (χ4v) is 3.98. The SMILES string of the molecule is C=C(OC)/C(=C\c1nc(NC)cc(C(C)CCOCC)c1C)CNCCN1CCCC1. The topological polar surface area (TPSA) is 58.6 Å². The van der Waals surface area contributed by atoms with Crippen molar-refractivity contribution < 1.29 is 9.47 Å². The van der Waals surface area contributed by atoms with Gasteiger partial charge in [-0.15, -0.1) is 0 Å². The van der Waals surface area contributed by atoms with Gasteiger partial charge in [0.1, 0.15) is 11.6 Å². The van der Waals surface area contributed by atoms with Gasteiger partial charge in [-0.3, -0.25) is 0 Å². The summed E-state index contributed by atoms with van der Waals surface area (Å²) in [4.78, 5) is 7.34. The lowest BCUT2D eigenvalue weighted by Crippen LogP contribution is -2.31. The molecule has 1 aliphatic heterocycles. The highest BCUT2D eigenvalue weighted by Gasteiger charge is 2.15. The van der Waals surface area contributed by atoms with Crippen molar-refractivity contribution in [3.05, 3.63) is 40.8 Å². The minimum absolute atomic E-state index is 0.390. The molecule has 1 aromatic heterocycles. The Labute approximate surface area is 189 Å². The first-order valence-corrected chi connectivity index (χ1v) is 11.6. The molecule has 0 radical (unpaired) electrons. The molecule has 6 heteroatoms. The molecule has 174 valence electrons. The van der Waals surface area contributed by atoms with Crippen LogP contribution in [0.4, 0.5) is 5.82 Å². The molecule has 6 nitrogen and oxygen atoms in total. The van der Waals surface area contributed by atoms with E-state index in [1.54, 1.807) is 7.11 Å². The monoisotopic (exact) mass is 430 g/mol. The number of nitrogens with zero attached hydrogens (tertiary/aromatic N) is 2. The summed E-state index contributed by atoms with van der Waals surface area (Å²) in [5.41, 5.74) is 4.48. The minimum Gasteiger partial charge on any atom is -0.497 e.